The monoisotopic (exact) mass is 290 g/mol. The Kier molecular flexibility index (Phi) is 5.76. The lowest BCUT2D eigenvalue weighted by Gasteiger charge is -2.25. The van der Waals surface area contributed by atoms with E-state index < -0.39 is 5.97 Å². The highest BCUT2D eigenvalue weighted by molar-refractivity contribution is 5.69. The van der Waals surface area contributed by atoms with Gasteiger partial charge in [0.2, 0.25) is 0 Å². The van der Waals surface area contributed by atoms with Crippen LogP contribution in [-0.4, -0.2) is 53.6 Å². The van der Waals surface area contributed by atoms with Gasteiger partial charge in [-0.1, -0.05) is 29.8 Å². The molecule has 116 valence electrons. The second-order valence-electron chi connectivity index (χ2n) is 6.16. The third-order valence-corrected chi connectivity index (χ3v) is 4.33. The van der Waals surface area contributed by atoms with E-state index in [4.69, 9.17) is 5.11 Å². The molecule has 0 saturated carbocycles. The van der Waals surface area contributed by atoms with Crippen molar-refractivity contribution in [3.8, 4) is 0 Å². The van der Waals surface area contributed by atoms with Crippen LogP contribution in [0, 0.1) is 6.92 Å². The van der Waals surface area contributed by atoms with Gasteiger partial charge in [0.15, 0.2) is 0 Å². The van der Waals surface area contributed by atoms with Crippen LogP contribution in [0.5, 0.6) is 0 Å². The molecule has 1 unspecified atom stereocenters. The molecule has 0 aromatic heterocycles. The number of aryl methyl sites for hydroxylation is 1. The number of hydrogen-bond acceptors (Lipinski definition) is 3. The number of carboxylic acids is 1. The standard InChI is InChI=1S/C17H26N2O2/c1-14-5-7-15(8-6-14)12-19-10-3-4-16(9-11-19)18(2)13-17(20)21/h5-8,16H,3-4,9-13H2,1-2H3,(H,20,21). The maximum Gasteiger partial charge on any atom is 0.317 e. The fraction of sp³-hybridized carbons (Fsp3) is 0.588. The van der Waals surface area contributed by atoms with Gasteiger partial charge in [0, 0.05) is 12.6 Å². The minimum atomic E-state index is -0.738. The van der Waals surface area contributed by atoms with Gasteiger partial charge < -0.3 is 5.11 Å². The Morgan fingerprint density at radius 1 is 1.29 bits per heavy atom. The first-order chi connectivity index (χ1) is 10.0. The van der Waals surface area contributed by atoms with E-state index in [1.165, 1.54) is 11.1 Å². The topological polar surface area (TPSA) is 43.8 Å². The summed E-state index contributed by atoms with van der Waals surface area (Å²) in [6, 6.07) is 9.12. The van der Waals surface area contributed by atoms with Crippen LogP contribution >= 0.6 is 0 Å². The second kappa shape index (κ2) is 7.57. The molecule has 0 spiro atoms. The summed E-state index contributed by atoms with van der Waals surface area (Å²) in [5.41, 5.74) is 2.66. The summed E-state index contributed by atoms with van der Waals surface area (Å²) >= 11 is 0. The minimum absolute atomic E-state index is 0.141. The van der Waals surface area contributed by atoms with E-state index in [2.05, 4.69) is 36.1 Å². The lowest BCUT2D eigenvalue weighted by atomic mass is 10.1. The van der Waals surface area contributed by atoms with Crippen LogP contribution in [0.1, 0.15) is 30.4 Å². The first-order valence-corrected chi connectivity index (χ1v) is 7.74. The molecule has 0 radical (unpaired) electrons. The molecule has 1 atom stereocenters. The Morgan fingerprint density at radius 3 is 2.67 bits per heavy atom. The Bertz CT molecular complexity index is 458. The summed E-state index contributed by atoms with van der Waals surface area (Å²) in [5.74, 6) is -0.738. The van der Waals surface area contributed by atoms with Crippen molar-refractivity contribution in [2.24, 2.45) is 0 Å². The summed E-state index contributed by atoms with van der Waals surface area (Å²) < 4.78 is 0. The molecule has 21 heavy (non-hydrogen) atoms. The van der Waals surface area contributed by atoms with Gasteiger partial charge in [0.25, 0.3) is 0 Å². The maximum atomic E-state index is 10.8. The van der Waals surface area contributed by atoms with Crippen molar-refractivity contribution >= 4 is 5.97 Å². The van der Waals surface area contributed by atoms with Crippen molar-refractivity contribution in [2.75, 3.05) is 26.7 Å². The molecule has 4 heteroatoms. The summed E-state index contributed by atoms with van der Waals surface area (Å²) in [4.78, 5) is 15.3. The Balaban J connectivity index is 1.85. The molecule has 1 heterocycles. The average molecular weight is 290 g/mol. The summed E-state index contributed by atoms with van der Waals surface area (Å²) in [6.07, 6.45) is 3.28. The zero-order valence-electron chi connectivity index (χ0n) is 13.1. The van der Waals surface area contributed by atoms with Crippen molar-refractivity contribution in [3.05, 3.63) is 35.4 Å². The average Bonchev–Trinajstić information content (AvgIpc) is 2.66. The summed E-state index contributed by atoms with van der Waals surface area (Å²) in [5, 5.41) is 8.90. The van der Waals surface area contributed by atoms with Gasteiger partial charge in [0.05, 0.1) is 6.54 Å². The van der Waals surface area contributed by atoms with Crippen LogP contribution in [0.2, 0.25) is 0 Å². The van der Waals surface area contributed by atoms with E-state index in [1.54, 1.807) is 0 Å². The number of rotatable bonds is 5. The van der Waals surface area contributed by atoms with Crippen LogP contribution in [0.15, 0.2) is 24.3 Å². The number of nitrogens with zero attached hydrogens (tertiary/aromatic N) is 2. The Hall–Kier alpha value is -1.39. The number of carboxylic acid groups (broad SMARTS) is 1. The first-order valence-electron chi connectivity index (χ1n) is 7.74. The molecule has 4 nitrogen and oxygen atoms in total. The molecule has 0 amide bonds. The number of likely N-dealkylation sites (N-methyl/N-ethyl adjacent to an activating group) is 1. The molecular formula is C17H26N2O2. The zero-order chi connectivity index (χ0) is 15.2. The number of aliphatic carboxylic acids is 1. The van der Waals surface area contributed by atoms with Gasteiger partial charge >= 0.3 is 5.97 Å². The van der Waals surface area contributed by atoms with Gasteiger partial charge in [-0.2, -0.15) is 0 Å². The van der Waals surface area contributed by atoms with Crippen LogP contribution in [-0.2, 0) is 11.3 Å². The van der Waals surface area contributed by atoms with E-state index in [0.717, 1.165) is 38.9 Å². The second-order valence-corrected chi connectivity index (χ2v) is 6.16. The zero-order valence-corrected chi connectivity index (χ0v) is 13.1. The quantitative estimate of drug-likeness (QED) is 0.904. The van der Waals surface area contributed by atoms with Crippen LogP contribution in [0.3, 0.4) is 0 Å². The lowest BCUT2D eigenvalue weighted by Crippen LogP contribution is -2.36. The predicted molar refractivity (Wildman–Crippen MR) is 84.4 cm³/mol. The van der Waals surface area contributed by atoms with Crippen LogP contribution in [0.4, 0.5) is 0 Å². The van der Waals surface area contributed by atoms with Gasteiger partial charge in [-0.15, -0.1) is 0 Å². The highest BCUT2D eigenvalue weighted by Gasteiger charge is 2.21. The smallest absolute Gasteiger partial charge is 0.317 e. The normalized spacial score (nSPS) is 20.4. The van der Waals surface area contributed by atoms with Crippen molar-refractivity contribution in [3.63, 3.8) is 0 Å². The Labute approximate surface area is 127 Å². The van der Waals surface area contributed by atoms with Crippen LogP contribution < -0.4 is 0 Å². The molecule has 1 fully saturated rings. The van der Waals surface area contributed by atoms with E-state index in [1.807, 2.05) is 11.9 Å². The predicted octanol–water partition coefficient (Wildman–Crippen LogP) is 2.37. The molecule has 1 saturated heterocycles. The fourth-order valence-corrected chi connectivity index (χ4v) is 3.03. The molecule has 1 aromatic carbocycles. The van der Waals surface area contributed by atoms with Gasteiger partial charge in [-0.25, -0.2) is 0 Å². The van der Waals surface area contributed by atoms with Crippen LogP contribution in [0.25, 0.3) is 0 Å². The molecular weight excluding hydrogens is 264 g/mol. The third-order valence-electron chi connectivity index (χ3n) is 4.33. The van der Waals surface area contributed by atoms with Crippen molar-refractivity contribution < 1.29 is 9.90 Å². The molecule has 2 rings (SSSR count). The van der Waals surface area contributed by atoms with E-state index in [-0.39, 0.29) is 6.54 Å². The Morgan fingerprint density at radius 2 is 2.00 bits per heavy atom. The van der Waals surface area contributed by atoms with Crippen molar-refractivity contribution in [1.29, 1.82) is 0 Å². The van der Waals surface area contributed by atoms with Gasteiger partial charge in [0.1, 0.15) is 0 Å². The van der Waals surface area contributed by atoms with E-state index in [9.17, 15) is 4.79 Å². The van der Waals surface area contributed by atoms with E-state index in [0.29, 0.717) is 6.04 Å². The SMILES string of the molecule is Cc1ccc(CN2CCCC(N(C)CC(=O)O)CC2)cc1. The van der Waals surface area contributed by atoms with Crippen molar-refractivity contribution in [2.45, 2.75) is 38.8 Å². The fourth-order valence-electron chi connectivity index (χ4n) is 3.03. The molecule has 0 aliphatic carbocycles. The molecule has 1 aliphatic heterocycles. The molecule has 0 bridgehead atoms. The molecule has 1 aliphatic rings. The highest BCUT2D eigenvalue weighted by atomic mass is 16.4. The van der Waals surface area contributed by atoms with Crippen molar-refractivity contribution in [1.82, 2.24) is 9.80 Å². The molecule has 1 aromatic rings. The first kappa shape index (κ1) is 16.0. The van der Waals surface area contributed by atoms with Gasteiger partial charge in [-0.3, -0.25) is 14.6 Å². The third kappa shape index (κ3) is 5.14. The number of carbonyl (C=O) groups is 1. The summed E-state index contributed by atoms with van der Waals surface area (Å²) in [6.45, 7) is 5.39. The number of benzene rings is 1. The maximum absolute atomic E-state index is 10.8. The number of hydrogen-bond donors (Lipinski definition) is 1. The number of likely N-dealkylation sites (tertiary alicyclic amines) is 1. The van der Waals surface area contributed by atoms with Gasteiger partial charge in [-0.05, 0) is 51.9 Å². The van der Waals surface area contributed by atoms with E-state index >= 15 is 0 Å². The highest BCUT2D eigenvalue weighted by Crippen LogP contribution is 2.17. The largest absolute Gasteiger partial charge is 0.480 e. The summed E-state index contributed by atoms with van der Waals surface area (Å²) in [7, 11) is 1.93. The molecule has 1 N–H and O–H groups in total. The minimum Gasteiger partial charge on any atom is -0.480 e. The lowest BCUT2D eigenvalue weighted by molar-refractivity contribution is -0.138.